The molecule has 647 valence electrons. The van der Waals surface area contributed by atoms with E-state index in [0.29, 0.717) is 85.1 Å². The minimum absolute atomic E-state index is 0. The van der Waals surface area contributed by atoms with Crippen LogP contribution in [0.1, 0.15) is 186 Å². The van der Waals surface area contributed by atoms with E-state index in [1.165, 1.54) is 87.8 Å². The zero-order valence-corrected chi connectivity index (χ0v) is 73.9. The topological polar surface area (TPSA) is 316 Å². The molecule has 15 rings (SSSR count). The number of sulfone groups is 2. The number of amides is 3. The van der Waals surface area contributed by atoms with Gasteiger partial charge >= 0.3 is 24.8 Å². The van der Waals surface area contributed by atoms with Crippen LogP contribution in [0.4, 0.5) is 78.7 Å². The van der Waals surface area contributed by atoms with Crippen LogP contribution in [0, 0.1) is 40.6 Å². The van der Waals surface area contributed by atoms with Crippen LogP contribution < -0.4 is 64.2 Å². The molecular weight excluding hydrogens is 1820 g/mol. The maximum absolute atomic E-state index is 13.7. The SMILES string of the molecule is C.CC(=O)CI.CCOC(=O)CS(=O)(=O)c1ccc(C(=O)Nc2cc(C)nc(N3CCC(F)(F)CC3)n2)c(N2CCC3(CC2)CC3)c1.Cc1cc(NC(=O)c2ccc(I)cc2N2CCC3(CC2)CC3)nc(N2CCC(F)(F)CC2)n1.Cc1cc(NC(=O)c2ccc(S(=O)(=O)CCO)cc2N2CCC3(CC2)CC3)nc(N2CCC(F)(F)CC2)n1.[B].[H-].[Li+]. The second-order valence-electron chi connectivity index (χ2n) is 32.4. The summed E-state index contributed by atoms with van der Waals surface area (Å²) in [4.78, 5) is 100. The van der Waals surface area contributed by atoms with Gasteiger partial charge in [0.25, 0.3) is 35.5 Å². The van der Waals surface area contributed by atoms with Crippen LogP contribution >= 0.6 is 45.2 Å². The van der Waals surface area contributed by atoms with E-state index in [4.69, 9.17) is 4.74 Å². The molecule has 3 aromatic heterocycles. The number of benzene rings is 3. The quantitative estimate of drug-likeness (QED) is 0.0181. The second kappa shape index (κ2) is 40.2. The van der Waals surface area contributed by atoms with Gasteiger partial charge in [0.15, 0.2) is 25.4 Å². The van der Waals surface area contributed by atoms with Gasteiger partial charge in [-0.25, -0.2) is 58.1 Å². The molecule has 9 aliphatic rings. The van der Waals surface area contributed by atoms with Crippen LogP contribution in [0.3, 0.4) is 0 Å². The summed E-state index contributed by atoms with van der Waals surface area (Å²) >= 11 is 4.31. The molecule has 0 unspecified atom stereocenters. The number of aromatic nitrogens is 6. The fourth-order valence-electron chi connectivity index (χ4n) is 15.6. The second-order valence-corrected chi connectivity index (χ2v) is 38.5. The molecule has 9 heterocycles. The molecule has 38 heteroatoms. The van der Waals surface area contributed by atoms with Crippen molar-refractivity contribution in [2.45, 2.75) is 185 Å². The van der Waals surface area contributed by atoms with Crippen molar-refractivity contribution in [2.75, 3.05) is 153 Å². The van der Waals surface area contributed by atoms with Crippen molar-refractivity contribution in [3.8, 4) is 0 Å². The Morgan fingerprint density at radius 3 is 1.02 bits per heavy atom. The number of Topliss-reactive ketones (excluding diaryl/α,β-unsaturated/α-hetero) is 1. The van der Waals surface area contributed by atoms with Crippen molar-refractivity contribution in [1.29, 1.82) is 0 Å². The number of aryl methyl sites for hydroxylation is 3. The number of anilines is 9. The predicted molar refractivity (Wildman–Crippen MR) is 466 cm³/mol. The summed E-state index contributed by atoms with van der Waals surface area (Å²) < 4.78 is 140. The number of piperidine rings is 6. The fourth-order valence-corrected chi connectivity index (χ4v) is 18.2. The summed E-state index contributed by atoms with van der Waals surface area (Å²) in [6.07, 6.45) is 12.2. The Labute approximate surface area is 741 Å². The molecule has 6 aromatic rings. The summed E-state index contributed by atoms with van der Waals surface area (Å²) in [5.74, 6) is -9.20. The summed E-state index contributed by atoms with van der Waals surface area (Å²) in [6.45, 7) is 13.6. The number of esters is 1. The number of nitrogens with one attached hydrogen (secondary N) is 3. The number of aliphatic hydroxyl groups is 1. The fraction of sp³-hybridized carbons (Fsp3) is 0.573. The molecular formula is C82H106BF6I2LiN15O11S2. The van der Waals surface area contributed by atoms with Gasteiger partial charge in [-0.2, -0.15) is 15.0 Å². The van der Waals surface area contributed by atoms with E-state index in [2.05, 4.69) is 84.3 Å². The summed E-state index contributed by atoms with van der Waals surface area (Å²) in [5, 5.41) is 17.7. The van der Waals surface area contributed by atoms with Crippen LogP contribution in [0.15, 0.2) is 82.6 Å². The van der Waals surface area contributed by atoms with Crippen LogP contribution in [-0.2, 0) is 34.0 Å². The molecule has 26 nitrogen and oxygen atoms in total. The predicted octanol–water partition coefficient (Wildman–Crippen LogP) is 11.0. The normalized spacial score (nSPS) is 19.3. The van der Waals surface area contributed by atoms with E-state index in [-0.39, 0.29) is 171 Å². The molecule has 3 aliphatic carbocycles. The maximum Gasteiger partial charge on any atom is 1.00 e. The first kappa shape index (κ1) is 96.6. The standard InChI is InChI=1S/C28H35F2N5O5S.C26H33F2N5O4S.C24H28F2IN5O.C3H5IO.CH4.B.Li.H/c1-3-40-24(36)18-41(38,39)20-4-5-21(22(17-20)34-12-8-27(6-7-27)9-13-34)25(37)32-23-16-19(2)31-26(33-23)35-14-10-28(29,30)11-15-35;1-18-16-22(31-24(29-18)33-12-8-26(27,28)9-13-33)30-23(35)20-3-2-19(38(36,37)15-14-34)17-21(20)32-10-6-25(4-5-25)7-11-32;1-16-14-20(30-22(28-16)32-12-8-24(25,26)9-13-32)29-21(33)18-3-2-17(27)15-19(18)31-10-6-23(4-5-23)7-11-31;1-3(5)2-4;;;;/h4-5,16-17H,3,6-15,18H2,1-2H3,(H,31,32,33,37);2-3,16-17,34H,4-15H2,1H3,(H,29,30,31,35);2-3,14-15H,4-13H2,1H3,(H,28,29,30,33);2H2,1H3;1H4;;;/q;;;;;;+1;-1. The van der Waals surface area contributed by atoms with Gasteiger partial charge in [-0.15, -0.1) is 0 Å². The zero-order chi connectivity index (χ0) is 84.0. The van der Waals surface area contributed by atoms with Gasteiger partial charge in [0, 0.05) is 164 Å². The zero-order valence-electron chi connectivity index (χ0n) is 69.0. The van der Waals surface area contributed by atoms with E-state index in [1.807, 2.05) is 46.5 Å². The minimum atomic E-state index is -4.00. The number of aliphatic hydroxyl groups excluding tert-OH is 1. The Bertz CT molecular complexity index is 4900. The summed E-state index contributed by atoms with van der Waals surface area (Å²) in [6, 6.07) is 19.4. The number of ketones is 1. The van der Waals surface area contributed by atoms with Gasteiger partial charge in [-0.3, -0.25) is 24.0 Å². The van der Waals surface area contributed by atoms with Gasteiger partial charge in [-0.1, -0.05) is 30.0 Å². The Hall–Kier alpha value is -7.19. The maximum atomic E-state index is 13.7. The number of carbonyl (C=O) groups excluding carboxylic acids is 5. The number of hydrogen-bond donors (Lipinski definition) is 4. The van der Waals surface area contributed by atoms with Crippen LogP contribution in [0.5, 0.6) is 0 Å². The Morgan fingerprint density at radius 1 is 0.458 bits per heavy atom. The van der Waals surface area contributed by atoms with E-state index in [0.717, 1.165) is 61.1 Å². The van der Waals surface area contributed by atoms with E-state index in [9.17, 15) is 72.3 Å². The Kier molecular flexibility index (Phi) is 32.4. The van der Waals surface area contributed by atoms with Gasteiger partial charge in [0.05, 0.1) is 66.9 Å². The molecule has 0 atom stereocenters. The third-order valence-corrected chi connectivity index (χ3v) is 28.5. The molecule has 3 spiro atoms. The summed E-state index contributed by atoms with van der Waals surface area (Å²) in [7, 11) is -7.70. The molecule has 3 radical (unpaired) electrons. The van der Waals surface area contributed by atoms with Crippen LogP contribution in [0.25, 0.3) is 0 Å². The average Bonchev–Trinajstić information content (AvgIpc) is 1.66. The van der Waals surface area contributed by atoms with E-state index < -0.39 is 73.3 Å². The Morgan fingerprint density at radius 2 is 0.742 bits per heavy atom. The molecule has 120 heavy (non-hydrogen) atoms. The number of nitrogens with zero attached hydrogens (tertiary/aromatic N) is 12. The van der Waals surface area contributed by atoms with Crippen molar-refractivity contribution in [1.82, 2.24) is 29.9 Å². The van der Waals surface area contributed by atoms with Crippen LogP contribution in [0.2, 0.25) is 0 Å². The molecule has 6 saturated heterocycles. The minimum Gasteiger partial charge on any atom is -1.00 e. The smallest absolute Gasteiger partial charge is 1.00 e. The summed E-state index contributed by atoms with van der Waals surface area (Å²) in [5.41, 5.74) is 6.30. The van der Waals surface area contributed by atoms with Gasteiger partial charge in [0.1, 0.15) is 23.2 Å². The molecule has 0 bridgehead atoms. The molecule has 4 N–H and O–H groups in total. The first-order chi connectivity index (χ1) is 55.4. The molecule has 9 fully saturated rings. The van der Waals surface area contributed by atoms with Crippen molar-refractivity contribution >= 4 is 155 Å². The van der Waals surface area contributed by atoms with Crippen LogP contribution in [-0.4, -0.2) is 215 Å². The molecule has 3 aromatic carbocycles. The molecule has 6 aliphatic heterocycles. The Balaban J connectivity index is 0.000000217. The third kappa shape index (κ3) is 25.5. The monoisotopic (exact) mass is 1930 g/mol. The van der Waals surface area contributed by atoms with Gasteiger partial charge in [0.2, 0.25) is 17.8 Å². The van der Waals surface area contributed by atoms with Crippen molar-refractivity contribution in [2.24, 2.45) is 16.2 Å². The number of ether oxygens (including phenoxy) is 1. The van der Waals surface area contributed by atoms with Crippen molar-refractivity contribution in [3.63, 3.8) is 0 Å². The number of hydrogen-bond acceptors (Lipinski definition) is 23. The first-order valence-corrected chi connectivity index (χ1v) is 45.8. The van der Waals surface area contributed by atoms with Gasteiger partial charge < -0.3 is 56.6 Å². The van der Waals surface area contributed by atoms with E-state index in [1.54, 1.807) is 60.6 Å². The molecule has 3 saturated carbocycles. The largest absolute Gasteiger partial charge is 1.00 e. The molecule has 3 amide bonds. The van der Waals surface area contributed by atoms with Gasteiger partial charge in [-0.05, 0) is 205 Å². The average molecular weight is 1930 g/mol. The number of rotatable bonds is 20. The number of alkyl halides is 7. The first-order valence-electron chi connectivity index (χ1n) is 39.9. The number of carbonyl (C=O) groups is 5. The van der Waals surface area contributed by atoms with Crippen molar-refractivity contribution < 1.29 is 97.3 Å². The van der Waals surface area contributed by atoms with Crippen molar-refractivity contribution in [3.05, 3.63) is 110 Å². The van der Waals surface area contributed by atoms with E-state index >= 15 is 0 Å². The third-order valence-electron chi connectivity index (χ3n) is 23.5. The number of halogens is 8.